The van der Waals surface area contributed by atoms with Crippen molar-refractivity contribution in [3.05, 3.63) is 62.5 Å². The first-order valence-corrected chi connectivity index (χ1v) is 7.64. The highest BCUT2D eigenvalue weighted by atomic mass is 79.9. The van der Waals surface area contributed by atoms with Crippen molar-refractivity contribution < 1.29 is 4.79 Å². The Hall–Kier alpha value is -1.17. The molecule has 1 unspecified atom stereocenters. The second-order valence-electron chi connectivity index (χ2n) is 4.50. The molecule has 0 aliphatic carbocycles. The summed E-state index contributed by atoms with van der Waals surface area (Å²) in [4.78, 5) is 12.2. The fourth-order valence-corrected chi connectivity index (χ4v) is 2.87. The van der Waals surface area contributed by atoms with Gasteiger partial charge < -0.3 is 11.1 Å². The largest absolute Gasteiger partial charge is 0.323 e. The van der Waals surface area contributed by atoms with E-state index in [-0.39, 0.29) is 5.91 Å². The van der Waals surface area contributed by atoms with Crippen LogP contribution in [-0.4, -0.2) is 5.91 Å². The van der Waals surface area contributed by atoms with Crippen LogP contribution in [0.25, 0.3) is 0 Å². The first kappa shape index (κ1) is 15.2. The third-order valence-corrected chi connectivity index (χ3v) is 4.06. The lowest BCUT2D eigenvalue weighted by molar-refractivity contribution is -0.117. The minimum atomic E-state index is -0.689. The van der Waals surface area contributed by atoms with Crippen LogP contribution < -0.4 is 11.1 Å². The molecule has 2 rings (SSSR count). The van der Waals surface area contributed by atoms with E-state index >= 15 is 0 Å². The van der Waals surface area contributed by atoms with Gasteiger partial charge in [0, 0.05) is 8.95 Å². The van der Waals surface area contributed by atoms with Crippen molar-refractivity contribution in [1.82, 2.24) is 0 Å². The van der Waals surface area contributed by atoms with Crippen LogP contribution in [0.15, 0.2) is 51.4 Å². The monoisotopic (exact) mass is 396 g/mol. The Bertz CT molecular complexity index is 626. The van der Waals surface area contributed by atoms with Crippen LogP contribution in [-0.2, 0) is 4.79 Å². The molecule has 3 nitrogen and oxygen atoms in total. The third-order valence-electron chi connectivity index (χ3n) is 2.91. The number of amides is 1. The summed E-state index contributed by atoms with van der Waals surface area (Å²) in [5, 5.41) is 2.82. The summed E-state index contributed by atoms with van der Waals surface area (Å²) in [7, 11) is 0. The second kappa shape index (κ2) is 6.52. The Balaban J connectivity index is 2.13. The van der Waals surface area contributed by atoms with Gasteiger partial charge in [-0.3, -0.25) is 4.79 Å². The number of carbonyl (C=O) groups is 1. The molecule has 0 saturated heterocycles. The molecule has 104 valence electrons. The Morgan fingerprint density at radius 3 is 2.40 bits per heavy atom. The van der Waals surface area contributed by atoms with Gasteiger partial charge in [0.25, 0.3) is 0 Å². The van der Waals surface area contributed by atoms with Crippen molar-refractivity contribution >= 4 is 43.5 Å². The molecule has 0 aromatic heterocycles. The first-order valence-electron chi connectivity index (χ1n) is 6.05. The number of hydrogen-bond donors (Lipinski definition) is 2. The van der Waals surface area contributed by atoms with Gasteiger partial charge in [0.2, 0.25) is 5.91 Å². The molecule has 0 fully saturated rings. The zero-order valence-electron chi connectivity index (χ0n) is 10.9. The lowest BCUT2D eigenvalue weighted by Crippen LogP contribution is -2.27. The van der Waals surface area contributed by atoms with Crippen molar-refractivity contribution in [2.75, 3.05) is 5.32 Å². The zero-order valence-corrected chi connectivity index (χ0v) is 14.0. The van der Waals surface area contributed by atoms with Gasteiger partial charge in [-0.25, -0.2) is 0 Å². The van der Waals surface area contributed by atoms with E-state index < -0.39 is 6.04 Å². The summed E-state index contributed by atoms with van der Waals surface area (Å²) in [6.45, 7) is 1.99. The highest BCUT2D eigenvalue weighted by Crippen LogP contribution is 2.27. The molecular formula is C15H14Br2N2O. The molecule has 3 N–H and O–H groups in total. The van der Waals surface area contributed by atoms with Gasteiger partial charge in [-0.05, 0) is 46.6 Å². The first-order chi connectivity index (χ1) is 9.47. The Kier molecular flexibility index (Phi) is 4.96. The molecule has 5 heteroatoms. The molecule has 1 amide bonds. The van der Waals surface area contributed by atoms with Gasteiger partial charge in [-0.15, -0.1) is 0 Å². The molecule has 20 heavy (non-hydrogen) atoms. The quantitative estimate of drug-likeness (QED) is 0.816. The number of aryl methyl sites for hydroxylation is 1. The van der Waals surface area contributed by atoms with Crippen molar-refractivity contribution in [2.45, 2.75) is 13.0 Å². The van der Waals surface area contributed by atoms with Crippen LogP contribution in [0.1, 0.15) is 17.2 Å². The molecular weight excluding hydrogens is 384 g/mol. The molecule has 0 saturated carbocycles. The highest BCUT2D eigenvalue weighted by molar-refractivity contribution is 9.11. The molecule has 2 aromatic carbocycles. The molecule has 0 aliphatic heterocycles. The Labute approximate surface area is 134 Å². The summed E-state index contributed by atoms with van der Waals surface area (Å²) >= 11 is 6.77. The summed E-state index contributed by atoms with van der Waals surface area (Å²) in [6.07, 6.45) is 0. The normalized spacial score (nSPS) is 12.0. The number of benzene rings is 2. The Morgan fingerprint density at radius 2 is 1.80 bits per heavy atom. The van der Waals surface area contributed by atoms with E-state index in [1.807, 2.05) is 49.4 Å². The van der Waals surface area contributed by atoms with E-state index in [0.29, 0.717) is 5.69 Å². The van der Waals surface area contributed by atoms with Crippen LogP contribution in [0.2, 0.25) is 0 Å². The SMILES string of the molecule is Cc1ccc(C(N)C(=O)Nc2ccc(Br)cc2Br)cc1. The van der Waals surface area contributed by atoms with Gasteiger partial charge in [-0.1, -0.05) is 45.8 Å². The lowest BCUT2D eigenvalue weighted by atomic mass is 10.1. The summed E-state index contributed by atoms with van der Waals surface area (Å²) < 4.78 is 1.74. The molecule has 0 radical (unpaired) electrons. The topological polar surface area (TPSA) is 55.1 Å². The van der Waals surface area contributed by atoms with E-state index in [2.05, 4.69) is 37.2 Å². The number of carbonyl (C=O) groups excluding carboxylic acids is 1. The average Bonchev–Trinajstić information content (AvgIpc) is 2.42. The zero-order chi connectivity index (χ0) is 14.7. The van der Waals surface area contributed by atoms with E-state index in [9.17, 15) is 4.79 Å². The van der Waals surface area contributed by atoms with Crippen molar-refractivity contribution in [1.29, 1.82) is 0 Å². The fourth-order valence-electron chi connectivity index (χ4n) is 1.73. The van der Waals surface area contributed by atoms with E-state index in [1.165, 1.54) is 0 Å². The molecule has 0 bridgehead atoms. The second-order valence-corrected chi connectivity index (χ2v) is 6.27. The van der Waals surface area contributed by atoms with Crippen molar-refractivity contribution in [2.24, 2.45) is 5.73 Å². The maximum Gasteiger partial charge on any atom is 0.245 e. The minimum absolute atomic E-state index is 0.239. The fraction of sp³-hybridized carbons (Fsp3) is 0.133. The average molecular weight is 398 g/mol. The smallest absolute Gasteiger partial charge is 0.245 e. The van der Waals surface area contributed by atoms with Crippen LogP contribution in [0.5, 0.6) is 0 Å². The van der Waals surface area contributed by atoms with E-state index in [0.717, 1.165) is 20.1 Å². The summed E-state index contributed by atoms with van der Waals surface area (Å²) in [5.74, 6) is -0.239. The van der Waals surface area contributed by atoms with Crippen LogP contribution in [0.3, 0.4) is 0 Å². The van der Waals surface area contributed by atoms with E-state index in [4.69, 9.17) is 5.73 Å². The van der Waals surface area contributed by atoms with Crippen molar-refractivity contribution in [3.63, 3.8) is 0 Å². The standard InChI is InChI=1S/C15H14Br2N2O/c1-9-2-4-10(5-3-9)14(18)15(20)19-13-7-6-11(16)8-12(13)17/h2-8,14H,18H2,1H3,(H,19,20). The predicted molar refractivity (Wildman–Crippen MR) is 88.6 cm³/mol. The number of halogens is 2. The third kappa shape index (κ3) is 3.69. The minimum Gasteiger partial charge on any atom is -0.323 e. The van der Waals surface area contributed by atoms with Crippen LogP contribution in [0.4, 0.5) is 5.69 Å². The summed E-state index contributed by atoms with van der Waals surface area (Å²) in [6, 6.07) is 12.5. The predicted octanol–water partition coefficient (Wildman–Crippen LogP) is 4.16. The summed E-state index contributed by atoms with van der Waals surface area (Å²) in [5.41, 5.74) is 8.60. The van der Waals surface area contributed by atoms with Gasteiger partial charge in [0.05, 0.1) is 5.69 Å². The van der Waals surface area contributed by atoms with Crippen LogP contribution in [0, 0.1) is 6.92 Å². The highest BCUT2D eigenvalue weighted by Gasteiger charge is 2.16. The molecule has 2 aromatic rings. The van der Waals surface area contributed by atoms with Gasteiger partial charge in [0.1, 0.15) is 6.04 Å². The maximum atomic E-state index is 12.2. The van der Waals surface area contributed by atoms with Crippen LogP contribution >= 0.6 is 31.9 Å². The molecule has 1 atom stereocenters. The number of rotatable bonds is 3. The maximum absolute atomic E-state index is 12.2. The number of nitrogens with one attached hydrogen (secondary N) is 1. The molecule has 0 heterocycles. The number of hydrogen-bond acceptors (Lipinski definition) is 2. The van der Waals surface area contributed by atoms with Gasteiger partial charge in [-0.2, -0.15) is 0 Å². The number of nitrogens with two attached hydrogens (primary N) is 1. The van der Waals surface area contributed by atoms with Crippen molar-refractivity contribution in [3.8, 4) is 0 Å². The number of anilines is 1. The van der Waals surface area contributed by atoms with Gasteiger partial charge in [0.15, 0.2) is 0 Å². The van der Waals surface area contributed by atoms with E-state index in [1.54, 1.807) is 0 Å². The Morgan fingerprint density at radius 1 is 1.15 bits per heavy atom. The molecule has 0 spiro atoms. The van der Waals surface area contributed by atoms with Gasteiger partial charge >= 0.3 is 0 Å². The molecule has 0 aliphatic rings. The lowest BCUT2D eigenvalue weighted by Gasteiger charge is -2.14.